The van der Waals surface area contributed by atoms with Crippen molar-refractivity contribution < 1.29 is 9.90 Å². The summed E-state index contributed by atoms with van der Waals surface area (Å²) in [6, 6.07) is 18.1. The maximum absolute atomic E-state index is 12.6. The van der Waals surface area contributed by atoms with E-state index in [-0.39, 0.29) is 5.78 Å². The minimum Gasteiger partial charge on any atom is -0.377 e. The molecule has 0 bridgehead atoms. The van der Waals surface area contributed by atoms with Crippen molar-refractivity contribution in [1.82, 2.24) is 0 Å². The van der Waals surface area contributed by atoms with Crippen LogP contribution >= 0.6 is 0 Å². The van der Waals surface area contributed by atoms with Crippen LogP contribution in [-0.2, 0) is 5.60 Å². The minimum absolute atomic E-state index is 0.235. The van der Waals surface area contributed by atoms with Crippen LogP contribution in [0.3, 0.4) is 0 Å². The SMILES string of the molecule is CCCC(O)(C(=O)c1ccccc1)c1ccccc1. The molecule has 1 N–H and O–H groups in total. The number of Topliss-reactive ketones (excluding diaryl/α,β-unsaturated/α-hetero) is 1. The lowest BCUT2D eigenvalue weighted by Gasteiger charge is -2.27. The number of ketones is 1. The molecule has 98 valence electrons. The van der Waals surface area contributed by atoms with Crippen LogP contribution in [0.1, 0.15) is 35.7 Å². The van der Waals surface area contributed by atoms with Crippen LogP contribution in [-0.4, -0.2) is 10.9 Å². The van der Waals surface area contributed by atoms with Crippen LogP contribution in [0.4, 0.5) is 0 Å². The van der Waals surface area contributed by atoms with Crippen molar-refractivity contribution in [2.75, 3.05) is 0 Å². The highest BCUT2D eigenvalue weighted by atomic mass is 16.3. The second-order valence-corrected chi connectivity index (χ2v) is 4.67. The first-order valence-electron chi connectivity index (χ1n) is 6.56. The van der Waals surface area contributed by atoms with E-state index in [4.69, 9.17) is 0 Å². The standard InChI is InChI=1S/C17H18O2/c1-2-13-17(19,15-11-7-4-8-12-15)16(18)14-9-5-3-6-10-14/h3-12,19H,2,13H2,1H3. The molecule has 0 heterocycles. The molecule has 0 aliphatic rings. The Labute approximate surface area is 113 Å². The van der Waals surface area contributed by atoms with Gasteiger partial charge >= 0.3 is 0 Å². The van der Waals surface area contributed by atoms with E-state index in [9.17, 15) is 9.90 Å². The molecule has 0 radical (unpaired) electrons. The molecule has 1 atom stereocenters. The van der Waals surface area contributed by atoms with Gasteiger partial charge in [0.1, 0.15) is 0 Å². The Kier molecular flexibility index (Phi) is 4.13. The topological polar surface area (TPSA) is 37.3 Å². The van der Waals surface area contributed by atoms with Crippen molar-refractivity contribution in [2.45, 2.75) is 25.4 Å². The Morgan fingerprint density at radius 3 is 2.05 bits per heavy atom. The van der Waals surface area contributed by atoms with Crippen LogP contribution < -0.4 is 0 Å². The summed E-state index contributed by atoms with van der Waals surface area (Å²) in [6.45, 7) is 1.96. The average Bonchev–Trinajstić information content (AvgIpc) is 2.48. The largest absolute Gasteiger partial charge is 0.377 e. The van der Waals surface area contributed by atoms with Gasteiger partial charge < -0.3 is 5.11 Å². The maximum Gasteiger partial charge on any atom is 0.198 e. The Bertz CT molecular complexity index is 534. The average molecular weight is 254 g/mol. The Morgan fingerprint density at radius 2 is 1.53 bits per heavy atom. The van der Waals surface area contributed by atoms with Gasteiger partial charge in [-0.2, -0.15) is 0 Å². The van der Waals surface area contributed by atoms with Crippen LogP contribution in [0.2, 0.25) is 0 Å². The summed E-state index contributed by atoms with van der Waals surface area (Å²) in [4.78, 5) is 12.6. The number of hydrogen-bond acceptors (Lipinski definition) is 2. The molecular weight excluding hydrogens is 236 g/mol. The lowest BCUT2D eigenvalue weighted by Crippen LogP contribution is -2.35. The van der Waals surface area contributed by atoms with E-state index >= 15 is 0 Å². The predicted molar refractivity (Wildman–Crippen MR) is 76.0 cm³/mol. The zero-order valence-corrected chi connectivity index (χ0v) is 11.0. The number of rotatable bonds is 5. The maximum atomic E-state index is 12.6. The van der Waals surface area contributed by atoms with E-state index in [2.05, 4.69) is 0 Å². The summed E-state index contributed by atoms with van der Waals surface area (Å²) in [5, 5.41) is 10.9. The van der Waals surface area contributed by atoms with Gasteiger partial charge in [0.15, 0.2) is 11.4 Å². The summed E-state index contributed by atoms with van der Waals surface area (Å²) in [6.07, 6.45) is 1.16. The van der Waals surface area contributed by atoms with Crippen LogP contribution in [0.25, 0.3) is 0 Å². The fourth-order valence-electron chi connectivity index (χ4n) is 2.29. The van der Waals surface area contributed by atoms with Gasteiger partial charge in [0.05, 0.1) is 0 Å². The predicted octanol–water partition coefficient (Wildman–Crippen LogP) is 3.56. The lowest BCUT2D eigenvalue weighted by atomic mass is 9.82. The minimum atomic E-state index is -1.43. The van der Waals surface area contributed by atoms with Gasteiger partial charge in [-0.3, -0.25) is 4.79 Å². The number of carbonyl (C=O) groups is 1. The Balaban J connectivity index is 2.43. The first-order chi connectivity index (χ1) is 9.18. The molecule has 0 aliphatic heterocycles. The van der Waals surface area contributed by atoms with Crippen molar-refractivity contribution in [1.29, 1.82) is 0 Å². The molecule has 0 amide bonds. The van der Waals surface area contributed by atoms with E-state index in [1.54, 1.807) is 24.3 Å². The lowest BCUT2D eigenvalue weighted by molar-refractivity contribution is 0.0247. The second kappa shape index (κ2) is 5.81. The van der Waals surface area contributed by atoms with E-state index in [0.29, 0.717) is 17.5 Å². The summed E-state index contributed by atoms with van der Waals surface area (Å²) in [7, 11) is 0. The van der Waals surface area contributed by atoms with E-state index in [1.807, 2.05) is 43.3 Å². The molecule has 0 aromatic heterocycles. The van der Waals surface area contributed by atoms with E-state index in [1.165, 1.54) is 0 Å². The fourth-order valence-corrected chi connectivity index (χ4v) is 2.29. The van der Waals surface area contributed by atoms with E-state index < -0.39 is 5.60 Å². The van der Waals surface area contributed by atoms with Crippen molar-refractivity contribution in [3.05, 3.63) is 71.8 Å². The molecule has 0 saturated carbocycles. The number of benzene rings is 2. The highest BCUT2D eigenvalue weighted by Crippen LogP contribution is 2.30. The molecule has 2 aromatic carbocycles. The second-order valence-electron chi connectivity index (χ2n) is 4.67. The summed E-state index contributed by atoms with van der Waals surface area (Å²) >= 11 is 0. The van der Waals surface area contributed by atoms with Gasteiger partial charge in [0, 0.05) is 5.56 Å². The monoisotopic (exact) mass is 254 g/mol. The van der Waals surface area contributed by atoms with Gasteiger partial charge in [-0.1, -0.05) is 74.0 Å². The highest BCUT2D eigenvalue weighted by molar-refractivity contribution is 6.02. The third-order valence-electron chi connectivity index (χ3n) is 3.27. The first-order valence-corrected chi connectivity index (χ1v) is 6.56. The molecule has 0 saturated heterocycles. The highest BCUT2D eigenvalue weighted by Gasteiger charge is 2.37. The number of hydrogen-bond donors (Lipinski definition) is 1. The van der Waals surface area contributed by atoms with Crippen LogP contribution in [0.5, 0.6) is 0 Å². The van der Waals surface area contributed by atoms with Crippen molar-refractivity contribution in [3.63, 3.8) is 0 Å². The summed E-state index contributed by atoms with van der Waals surface area (Å²) < 4.78 is 0. The van der Waals surface area contributed by atoms with Crippen LogP contribution in [0.15, 0.2) is 60.7 Å². The molecule has 0 spiro atoms. The van der Waals surface area contributed by atoms with Gasteiger partial charge in [0.2, 0.25) is 0 Å². The van der Waals surface area contributed by atoms with Crippen molar-refractivity contribution in [3.8, 4) is 0 Å². The number of aliphatic hydroxyl groups is 1. The fraction of sp³-hybridized carbons (Fsp3) is 0.235. The van der Waals surface area contributed by atoms with Gasteiger partial charge in [0.25, 0.3) is 0 Å². The molecule has 0 aliphatic carbocycles. The molecule has 2 aromatic rings. The molecule has 1 unspecified atom stereocenters. The first kappa shape index (κ1) is 13.5. The summed E-state index contributed by atoms with van der Waals surface area (Å²) in [5.41, 5.74) is -0.231. The van der Waals surface area contributed by atoms with Crippen molar-refractivity contribution in [2.24, 2.45) is 0 Å². The van der Waals surface area contributed by atoms with Gasteiger partial charge in [-0.25, -0.2) is 0 Å². The normalized spacial score (nSPS) is 13.8. The molecule has 2 heteroatoms. The molecule has 2 rings (SSSR count). The third-order valence-corrected chi connectivity index (χ3v) is 3.27. The molecule has 2 nitrogen and oxygen atoms in total. The van der Waals surface area contributed by atoms with Gasteiger partial charge in [-0.05, 0) is 12.0 Å². The van der Waals surface area contributed by atoms with E-state index in [0.717, 1.165) is 6.42 Å². The molecule has 0 fully saturated rings. The number of carbonyl (C=O) groups excluding carboxylic acids is 1. The zero-order valence-electron chi connectivity index (χ0n) is 11.0. The zero-order chi connectivity index (χ0) is 13.7. The van der Waals surface area contributed by atoms with Crippen LogP contribution in [0, 0.1) is 0 Å². The molecular formula is C17H18O2. The molecule has 19 heavy (non-hydrogen) atoms. The Morgan fingerprint density at radius 1 is 1.00 bits per heavy atom. The smallest absolute Gasteiger partial charge is 0.198 e. The Hall–Kier alpha value is -1.93. The summed E-state index contributed by atoms with van der Waals surface area (Å²) in [5.74, 6) is -0.235. The quantitative estimate of drug-likeness (QED) is 0.828. The van der Waals surface area contributed by atoms with Crippen molar-refractivity contribution >= 4 is 5.78 Å². The third kappa shape index (κ3) is 2.74. The van der Waals surface area contributed by atoms with Gasteiger partial charge in [-0.15, -0.1) is 0 Å².